The molecular weight excluding hydrogens is 496 g/mol. The zero-order valence-electron chi connectivity index (χ0n) is 24.2. The highest BCUT2D eigenvalue weighted by molar-refractivity contribution is 6.08. The van der Waals surface area contributed by atoms with Crippen molar-refractivity contribution in [1.29, 1.82) is 0 Å². The summed E-state index contributed by atoms with van der Waals surface area (Å²) in [6, 6.07) is 17.3. The minimum absolute atomic E-state index is 0.911. The van der Waals surface area contributed by atoms with Crippen molar-refractivity contribution < 1.29 is 18.6 Å². The first-order valence-electron chi connectivity index (χ1n) is 14.5. The number of benzene rings is 2. The molecule has 206 valence electrons. The molecule has 0 saturated carbocycles. The average Bonchev–Trinajstić information content (AvgIpc) is 3.44. The molecule has 0 spiro atoms. The fourth-order valence-electron chi connectivity index (χ4n) is 6.23. The molecule has 4 heterocycles. The summed E-state index contributed by atoms with van der Waals surface area (Å²) in [6.45, 7) is 2.08. The van der Waals surface area contributed by atoms with Crippen LogP contribution in [-0.4, -0.2) is 23.4 Å². The van der Waals surface area contributed by atoms with Crippen molar-refractivity contribution in [3.63, 3.8) is 0 Å². The summed E-state index contributed by atoms with van der Waals surface area (Å²) in [6.07, 6.45) is 16.2. The molecule has 0 N–H and O–H groups in total. The summed E-state index contributed by atoms with van der Waals surface area (Å²) in [5.41, 5.74) is 5.18. The molecule has 0 saturated heterocycles. The molecule has 40 heavy (non-hydrogen) atoms. The van der Waals surface area contributed by atoms with E-state index >= 15 is 0 Å². The van der Waals surface area contributed by atoms with Gasteiger partial charge in [-0.3, -0.25) is 0 Å². The van der Waals surface area contributed by atoms with Gasteiger partial charge in [-0.25, -0.2) is 9.13 Å². The Morgan fingerprint density at radius 2 is 0.950 bits per heavy atom. The zero-order chi connectivity index (χ0) is 27.6. The molecule has 6 aromatic rings. The van der Waals surface area contributed by atoms with E-state index in [9.17, 15) is 0 Å². The van der Waals surface area contributed by atoms with Crippen LogP contribution in [0.4, 0.5) is 0 Å². The number of aryl methyl sites for hydroxylation is 4. The first-order valence-corrected chi connectivity index (χ1v) is 14.5. The number of pyridine rings is 2. The maximum atomic E-state index is 5.51. The maximum Gasteiger partial charge on any atom is 0.193 e. The van der Waals surface area contributed by atoms with Gasteiger partial charge in [0.25, 0.3) is 0 Å². The Morgan fingerprint density at radius 3 is 1.38 bits per heavy atom. The number of fused-ring (bicyclic) bond motifs is 6. The monoisotopic (exact) mass is 536 g/mol. The zero-order valence-corrected chi connectivity index (χ0v) is 24.2. The minimum atomic E-state index is 0.911. The molecule has 0 aliphatic heterocycles. The van der Waals surface area contributed by atoms with Gasteiger partial charge in [-0.15, -0.1) is 0 Å². The van der Waals surface area contributed by atoms with E-state index in [2.05, 4.69) is 106 Å². The Kier molecular flexibility index (Phi) is 7.33. The first kappa shape index (κ1) is 26.2. The quantitative estimate of drug-likeness (QED) is 0.138. The van der Waals surface area contributed by atoms with E-state index in [-0.39, 0.29) is 0 Å². The Bertz CT molecular complexity index is 1680. The van der Waals surface area contributed by atoms with Gasteiger partial charge in [-0.05, 0) is 49.2 Å². The van der Waals surface area contributed by atoms with Gasteiger partial charge in [0.1, 0.15) is 36.6 Å². The maximum absolute atomic E-state index is 5.51. The van der Waals surface area contributed by atoms with Crippen LogP contribution >= 0.6 is 0 Å². The molecule has 0 aliphatic rings. The second-order valence-corrected chi connectivity index (χ2v) is 11.0. The number of methoxy groups -OCH3 is 2. The topological polar surface area (TPSA) is 36.1 Å². The lowest BCUT2D eigenvalue weighted by atomic mass is 10.1. The fraction of sp³-hybridized carbons (Fsp3) is 0.353. The third kappa shape index (κ3) is 4.87. The number of aromatic nitrogens is 4. The average molecular weight is 537 g/mol. The fourth-order valence-corrected chi connectivity index (χ4v) is 6.23. The number of ether oxygens (including phenoxy) is 2. The number of rotatable bonds is 11. The lowest BCUT2D eigenvalue weighted by molar-refractivity contribution is -0.670. The van der Waals surface area contributed by atoms with Crippen molar-refractivity contribution >= 4 is 43.6 Å². The number of unbranched alkanes of at least 4 members (excludes halogenated alkanes) is 5. The van der Waals surface area contributed by atoms with E-state index < -0.39 is 0 Å². The van der Waals surface area contributed by atoms with E-state index in [4.69, 9.17) is 9.47 Å². The Labute approximate surface area is 236 Å². The minimum Gasteiger partial charge on any atom is -0.497 e. The summed E-state index contributed by atoms with van der Waals surface area (Å²) in [4.78, 5) is 0. The van der Waals surface area contributed by atoms with Crippen LogP contribution in [0.1, 0.15) is 38.5 Å². The highest BCUT2D eigenvalue weighted by Crippen LogP contribution is 2.33. The van der Waals surface area contributed by atoms with Crippen LogP contribution in [0.25, 0.3) is 43.6 Å². The molecule has 0 bridgehead atoms. The molecule has 4 aromatic heterocycles. The van der Waals surface area contributed by atoms with Crippen LogP contribution in [0.3, 0.4) is 0 Å². The Morgan fingerprint density at radius 1 is 0.525 bits per heavy atom. The lowest BCUT2D eigenvalue weighted by Gasteiger charge is -2.09. The van der Waals surface area contributed by atoms with Crippen LogP contribution < -0.4 is 18.6 Å². The highest BCUT2D eigenvalue weighted by Gasteiger charge is 2.15. The van der Waals surface area contributed by atoms with E-state index in [1.54, 1.807) is 14.2 Å². The van der Waals surface area contributed by atoms with Crippen molar-refractivity contribution in [3.05, 3.63) is 73.3 Å². The summed E-state index contributed by atoms with van der Waals surface area (Å²) in [5.74, 6) is 1.82. The van der Waals surface area contributed by atoms with Gasteiger partial charge in [0.15, 0.2) is 24.8 Å². The number of hydrogen-bond donors (Lipinski definition) is 0. The van der Waals surface area contributed by atoms with Crippen molar-refractivity contribution in [3.8, 4) is 11.5 Å². The molecule has 2 aromatic carbocycles. The number of hydrogen-bond acceptors (Lipinski definition) is 2. The first-order chi connectivity index (χ1) is 19.6. The molecule has 6 heteroatoms. The predicted octanol–water partition coefficient (Wildman–Crippen LogP) is 6.61. The Hall–Kier alpha value is -4.06. The third-order valence-electron chi connectivity index (χ3n) is 8.32. The van der Waals surface area contributed by atoms with Gasteiger partial charge < -0.3 is 18.6 Å². The van der Waals surface area contributed by atoms with Crippen LogP contribution in [0.5, 0.6) is 11.5 Å². The van der Waals surface area contributed by atoms with E-state index in [1.807, 2.05) is 0 Å². The van der Waals surface area contributed by atoms with Gasteiger partial charge in [0, 0.05) is 57.8 Å². The predicted molar refractivity (Wildman–Crippen MR) is 162 cm³/mol. The summed E-state index contributed by atoms with van der Waals surface area (Å²) in [5, 5.41) is 5.13. The molecule has 6 rings (SSSR count). The van der Waals surface area contributed by atoms with Crippen LogP contribution in [-0.2, 0) is 27.2 Å². The second-order valence-electron chi connectivity index (χ2n) is 11.0. The second kappa shape index (κ2) is 11.2. The van der Waals surface area contributed by atoms with Crippen molar-refractivity contribution in [2.24, 2.45) is 14.1 Å². The van der Waals surface area contributed by atoms with Gasteiger partial charge >= 0.3 is 0 Å². The molecule has 0 radical (unpaired) electrons. The molecule has 0 amide bonds. The third-order valence-corrected chi connectivity index (χ3v) is 8.32. The van der Waals surface area contributed by atoms with Gasteiger partial charge in [-0.1, -0.05) is 25.7 Å². The summed E-state index contributed by atoms with van der Waals surface area (Å²) < 4.78 is 20.3. The van der Waals surface area contributed by atoms with Crippen LogP contribution in [0, 0.1) is 0 Å². The van der Waals surface area contributed by atoms with Gasteiger partial charge in [0.2, 0.25) is 0 Å². The molecule has 0 atom stereocenters. The molecule has 0 aliphatic carbocycles. The van der Waals surface area contributed by atoms with E-state index in [0.717, 1.165) is 24.6 Å². The molecule has 0 unspecified atom stereocenters. The van der Waals surface area contributed by atoms with Crippen LogP contribution in [0.15, 0.2) is 73.3 Å². The Balaban J connectivity index is 1.06. The van der Waals surface area contributed by atoms with Crippen LogP contribution in [0.2, 0.25) is 0 Å². The summed E-state index contributed by atoms with van der Waals surface area (Å²) >= 11 is 0. The smallest absolute Gasteiger partial charge is 0.193 e. The van der Waals surface area contributed by atoms with Gasteiger partial charge in [-0.2, -0.15) is 0 Å². The summed E-state index contributed by atoms with van der Waals surface area (Å²) in [7, 11) is 7.66. The van der Waals surface area contributed by atoms with Crippen molar-refractivity contribution in [2.75, 3.05) is 14.2 Å². The molecule has 0 fully saturated rings. The highest BCUT2D eigenvalue weighted by atomic mass is 16.5. The SMILES string of the molecule is COc1ccc2c(c1)c1cc[n+](C)cc1n2CCCCCCCCn1c2ccc(OC)cc2c2cc[n+](C)cc21. The standard InChI is InChI=1S/C34H40N4O2/c1-35-19-15-27-29-21-25(39-3)11-13-31(29)37(33(27)23-35)17-9-7-5-6-8-10-18-38-32-14-12-26(40-4)22-30(32)28-16-20-36(2)24-34(28)38/h11-16,19-24H,5-10,17-18H2,1-4H3/q+2. The molecular formula is C34H40N4O2+2. The number of nitrogens with zero attached hydrogens (tertiary/aromatic N) is 4. The van der Waals surface area contributed by atoms with Gasteiger partial charge in [0.05, 0.1) is 14.2 Å². The van der Waals surface area contributed by atoms with E-state index in [1.165, 1.54) is 82.1 Å². The normalized spacial score (nSPS) is 11.8. The molecule has 6 nitrogen and oxygen atoms in total. The van der Waals surface area contributed by atoms with Crippen molar-refractivity contribution in [1.82, 2.24) is 9.13 Å². The van der Waals surface area contributed by atoms with Crippen molar-refractivity contribution in [2.45, 2.75) is 51.6 Å². The lowest BCUT2D eigenvalue weighted by Crippen LogP contribution is -2.26. The largest absolute Gasteiger partial charge is 0.497 e. The van der Waals surface area contributed by atoms with E-state index in [0.29, 0.717) is 0 Å².